The van der Waals surface area contributed by atoms with Crippen molar-refractivity contribution in [3.8, 4) is 0 Å². The van der Waals surface area contributed by atoms with Crippen molar-refractivity contribution < 1.29 is 0 Å². The van der Waals surface area contributed by atoms with E-state index in [0.29, 0.717) is 6.54 Å². The molecule has 0 unspecified atom stereocenters. The number of nitrogens with zero attached hydrogens (tertiary/aromatic N) is 3. The maximum Gasteiger partial charge on any atom is 0.101 e. The van der Waals surface area contributed by atoms with E-state index in [4.69, 9.17) is 5.73 Å². The molecule has 0 amide bonds. The zero-order chi connectivity index (χ0) is 10.8. The lowest BCUT2D eigenvalue weighted by atomic mass is 10.1. The summed E-state index contributed by atoms with van der Waals surface area (Å²) in [7, 11) is 3.98. The van der Waals surface area contributed by atoms with Gasteiger partial charge in [-0.3, -0.25) is 0 Å². The largest absolute Gasteiger partial charge is 0.376 e. The number of hydrogen-bond donors (Lipinski definition) is 1. The Kier molecular flexibility index (Phi) is 2.51. The van der Waals surface area contributed by atoms with E-state index < -0.39 is 0 Å². The lowest BCUT2D eigenvalue weighted by molar-refractivity contribution is 0.904. The van der Waals surface area contributed by atoms with Crippen molar-refractivity contribution in [2.75, 3.05) is 19.0 Å². The SMILES string of the molecule is CN(C)c1c(CN)nnc2ccccc12. The predicted molar refractivity (Wildman–Crippen MR) is 61.8 cm³/mol. The zero-order valence-electron chi connectivity index (χ0n) is 8.94. The summed E-state index contributed by atoms with van der Waals surface area (Å²) in [4.78, 5) is 2.03. The topological polar surface area (TPSA) is 55.0 Å². The van der Waals surface area contributed by atoms with Crippen LogP contribution in [0.1, 0.15) is 5.69 Å². The molecule has 0 bridgehead atoms. The van der Waals surface area contributed by atoms with Crippen LogP contribution in [0.4, 0.5) is 5.69 Å². The van der Waals surface area contributed by atoms with Crippen molar-refractivity contribution in [2.45, 2.75) is 6.54 Å². The van der Waals surface area contributed by atoms with Gasteiger partial charge < -0.3 is 10.6 Å². The van der Waals surface area contributed by atoms with Crippen LogP contribution in [0.15, 0.2) is 24.3 Å². The lowest BCUT2D eigenvalue weighted by Crippen LogP contribution is -2.15. The van der Waals surface area contributed by atoms with Gasteiger partial charge in [-0.05, 0) is 6.07 Å². The van der Waals surface area contributed by atoms with Crippen LogP contribution < -0.4 is 10.6 Å². The van der Waals surface area contributed by atoms with Crippen molar-refractivity contribution in [3.63, 3.8) is 0 Å². The predicted octanol–water partition coefficient (Wildman–Crippen LogP) is 1.15. The second-order valence-electron chi connectivity index (χ2n) is 3.61. The number of fused-ring (bicyclic) bond motifs is 1. The van der Waals surface area contributed by atoms with Crippen LogP contribution in [0.5, 0.6) is 0 Å². The normalized spacial score (nSPS) is 10.6. The molecule has 0 saturated carbocycles. The molecule has 2 aromatic rings. The summed E-state index contributed by atoms with van der Waals surface area (Å²) < 4.78 is 0. The molecule has 0 fully saturated rings. The molecule has 1 aromatic carbocycles. The standard InChI is InChI=1S/C11H14N4/c1-15(2)11-8-5-3-4-6-9(8)13-14-10(11)7-12/h3-6H,7,12H2,1-2H3. The quantitative estimate of drug-likeness (QED) is 0.793. The molecule has 2 N–H and O–H groups in total. The van der Waals surface area contributed by atoms with Crippen LogP contribution in [-0.2, 0) is 6.54 Å². The lowest BCUT2D eigenvalue weighted by Gasteiger charge is -2.17. The van der Waals surface area contributed by atoms with E-state index in [1.165, 1.54) is 0 Å². The number of rotatable bonds is 2. The Morgan fingerprint density at radius 2 is 1.93 bits per heavy atom. The van der Waals surface area contributed by atoms with E-state index >= 15 is 0 Å². The number of anilines is 1. The van der Waals surface area contributed by atoms with Gasteiger partial charge in [-0.1, -0.05) is 18.2 Å². The van der Waals surface area contributed by atoms with E-state index in [-0.39, 0.29) is 0 Å². The van der Waals surface area contributed by atoms with Gasteiger partial charge in [0.15, 0.2) is 0 Å². The Labute approximate surface area is 88.7 Å². The van der Waals surface area contributed by atoms with Gasteiger partial charge in [0.1, 0.15) is 5.69 Å². The van der Waals surface area contributed by atoms with Crippen LogP contribution in [0.2, 0.25) is 0 Å². The minimum Gasteiger partial charge on any atom is -0.376 e. The number of aromatic nitrogens is 2. The smallest absolute Gasteiger partial charge is 0.101 e. The molecule has 0 aliphatic carbocycles. The van der Waals surface area contributed by atoms with Crippen molar-refractivity contribution in [3.05, 3.63) is 30.0 Å². The molecule has 0 spiro atoms. The summed E-state index contributed by atoms with van der Waals surface area (Å²) in [5, 5.41) is 9.36. The molecule has 4 heteroatoms. The summed E-state index contributed by atoms with van der Waals surface area (Å²) >= 11 is 0. The molecular weight excluding hydrogens is 188 g/mol. The summed E-state index contributed by atoms with van der Waals surface area (Å²) in [6.07, 6.45) is 0. The minimum atomic E-state index is 0.408. The molecule has 78 valence electrons. The van der Waals surface area contributed by atoms with Crippen LogP contribution in [0.3, 0.4) is 0 Å². The molecule has 0 saturated heterocycles. The number of benzene rings is 1. The maximum atomic E-state index is 5.65. The van der Waals surface area contributed by atoms with Gasteiger partial charge in [-0.15, -0.1) is 0 Å². The fourth-order valence-electron chi connectivity index (χ4n) is 1.71. The second-order valence-corrected chi connectivity index (χ2v) is 3.61. The molecule has 0 aliphatic rings. The van der Waals surface area contributed by atoms with Crippen LogP contribution in [-0.4, -0.2) is 24.3 Å². The molecule has 0 radical (unpaired) electrons. The van der Waals surface area contributed by atoms with Gasteiger partial charge in [-0.2, -0.15) is 10.2 Å². The van der Waals surface area contributed by atoms with Gasteiger partial charge in [-0.25, -0.2) is 0 Å². The van der Waals surface area contributed by atoms with Crippen molar-refractivity contribution in [1.29, 1.82) is 0 Å². The van der Waals surface area contributed by atoms with Crippen molar-refractivity contribution in [1.82, 2.24) is 10.2 Å². The Morgan fingerprint density at radius 1 is 1.20 bits per heavy atom. The van der Waals surface area contributed by atoms with Gasteiger partial charge in [0.25, 0.3) is 0 Å². The molecule has 1 aromatic heterocycles. The number of nitrogens with two attached hydrogens (primary N) is 1. The molecule has 0 aliphatic heterocycles. The monoisotopic (exact) mass is 202 g/mol. The molecule has 2 rings (SSSR count). The molecular formula is C11H14N4. The average Bonchev–Trinajstić information content (AvgIpc) is 2.27. The van der Waals surface area contributed by atoms with Crippen LogP contribution in [0, 0.1) is 0 Å². The third-order valence-electron chi connectivity index (χ3n) is 2.35. The third kappa shape index (κ3) is 1.64. The highest BCUT2D eigenvalue weighted by Gasteiger charge is 2.10. The first-order valence-electron chi connectivity index (χ1n) is 4.85. The molecule has 0 atom stereocenters. The van der Waals surface area contributed by atoms with Gasteiger partial charge in [0.2, 0.25) is 0 Å². The highest BCUT2D eigenvalue weighted by atomic mass is 15.2. The van der Waals surface area contributed by atoms with Crippen LogP contribution >= 0.6 is 0 Å². The highest BCUT2D eigenvalue weighted by molar-refractivity contribution is 5.92. The van der Waals surface area contributed by atoms with Crippen molar-refractivity contribution in [2.24, 2.45) is 5.73 Å². The Balaban J connectivity index is 2.79. The minimum absolute atomic E-state index is 0.408. The average molecular weight is 202 g/mol. The Hall–Kier alpha value is -1.68. The first kappa shape index (κ1) is 9.86. The van der Waals surface area contributed by atoms with Crippen LogP contribution in [0.25, 0.3) is 10.9 Å². The van der Waals surface area contributed by atoms with E-state index in [2.05, 4.69) is 10.2 Å². The fourth-order valence-corrected chi connectivity index (χ4v) is 1.71. The molecule has 1 heterocycles. The summed E-state index contributed by atoms with van der Waals surface area (Å²) in [5.74, 6) is 0. The maximum absolute atomic E-state index is 5.65. The molecule has 15 heavy (non-hydrogen) atoms. The van der Waals surface area contributed by atoms with E-state index in [1.807, 2.05) is 43.3 Å². The van der Waals surface area contributed by atoms with E-state index in [1.54, 1.807) is 0 Å². The first-order chi connectivity index (χ1) is 7.24. The summed E-state index contributed by atoms with van der Waals surface area (Å²) in [6, 6.07) is 7.95. The third-order valence-corrected chi connectivity index (χ3v) is 2.35. The fraction of sp³-hybridized carbons (Fsp3) is 0.273. The van der Waals surface area contributed by atoms with Gasteiger partial charge in [0.05, 0.1) is 11.2 Å². The first-order valence-corrected chi connectivity index (χ1v) is 4.85. The van der Waals surface area contributed by atoms with Gasteiger partial charge in [0, 0.05) is 26.0 Å². The Morgan fingerprint density at radius 3 is 2.60 bits per heavy atom. The molecule has 4 nitrogen and oxygen atoms in total. The second kappa shape index (κ2) is 3.82. The van der Waals surface area contributed by atoms with Crippen molar-refractivity contribution >= 4 is 16.6 Å². The highest BCUT2D eigenvalue weighted by Crippen LogP contribution is 2.25. The van der Waals surface area contributed by atoms with E-state index in [9.17, 15) is 0 Å². The summed E-state index contributed by atoms with van der Waals surface area (Å²) in [6.45, 7) is 0.408. The Bertz CT molecular complexity index is 479. The van der Waals surface area contributed by atoms with E-state index in [0.717, 1.165) is 22.3 Å². The van der Waals surface area contributed by atoms with Gasteiger partial charge >= 0.3 is 0 Å². The number of hydrogen-bond acceptors (Lipinski definition) is 4. The zero-order valence-corrected chi connectivity index (χ0v) is 8.94. The summed E-state index contributed by atoms with van der Waals surface area (Å²) in [5.41, 5.74) is 8.44.